The maximum Gasteiger partial charge on any atom is 0.303 e. The van der Waals surface area contributed by atoms with E-state index in [1.54, 1.807) is 18.2 Å². The number of aliphatic carboxylic acids is 1. The predicted molar refractivity (Wildman–Crippen MR) is 116 cm³/mol. The zero-order valence-corrected chi connectivity index (χ0v) is 18.0. The van der Waals surface area contributed by atoms with Gasteiger partial charge in [0.1, 0.15) is 6.04 Å². The molecule has 0 saturated carbocycles. The highest BCUT2D eigenvalue weighted by Gasteiger charge is 2.45. The fourth-order valence-electron chi connectivity index (χ4n) is 4.17. The summed E-state index contributed by atoms with van der Waals surface area (Å²) in [5.74, 6) is -2.78. The maximum absolute atomic E-state index is 13.0. The minimum absolute atomic E-state index is 0.0917. The normalized spacial score (nSPS) is 18.0. The number of amides is 4. The van der Waals surface area contributed by atoms with E-state index in [4.69, 9.17) is 5.11 Å². The monoisotopic (exact) mass is 443 g/mol. The summed E-state index contributed by atoms with van der Waals surface area (Å²) in [6, 6.07) is 4.07. The van der Waals surface area contributed by atoms with Crippen LogP contribution in [0.4, 0.5) is 5.69 Å². The highest BCUT2D eigenvalue weighted by atomic mass is 16.4. The van der Waals surface area contributed by atoms with Gasteiger partial charge in [-0.3, -0.25) is 34.2 Å². The van der Waals surface area contributed by atoms with Crippen molar-refractivity contribution in [1.82, 2.24) is 10.2 Å². The maximum atomic E-state index is 13.0. The van der Waals surface area contributed by atoms with E-state index < -0.39 is 35.6 Å². The fraction of sp³-hybridized carbons (Fsp3) is 0.522. The Labute approximate surface area is 186 Å². The first kappa shape index (κ1) is 23.4. The predicted octanol–water partition coefficient (Wildman–Crippen LogP) is 2.71. The van der Waals surface area contributed by atoms with Gasteiger partial charge in [-0.25, -0.2) is 0 Å². The third-order valence-corrected chi connectivity index (χ3v) is 5.85. The number of fused-ring (bicyclic) bond motifs is 1. The Morgan fingerprint density at radius 1 is 1.00 bits per heavy atom. The van der Waals surface area contributed by atoms with Gasteiger partial charge in [0.15, 0.2) is 0 Å². The molecule has 0 radical (unpaired) electrons. The molecular weight excluding hydrogens is 414 g/mol. The van der Waals surface area contributed by atoms with Crippen molar-refractivity contribution in [3.8, 4) is 0 Å². The number of anilines is 1. The van der Waals surface area contributed by atoms with Crippen molar-refractivity contribution in [2.45, 2.75) is 70.3 Å². The Kier molecular flexibility index (Phi) is 7.97. The number of carbonyl (C=O) groups is 5. The molecule has 2 heterocycles. The van der Waals surface area contributed by atoms with E-state index in [1.165, 1.54) is 0 Å². The van der Waals surface area contributed by atoms with Gasteiger partial charge in [0.25, 0.3) is 11.8 Å². The molecule has 1 fully saturated rings. The Morgan fingerprint density at radius 3 is 2.38 bits per heavy atom. The van der Waals surface area contributed by atoms with Gasteiger partial charge in [0.2, 0.25) is 11.8 Å². The summed E-state index contributed by atoms with van der Waals surface area (Å²) in [6.07, 6.45) is 7.17. The van der Waals surface area contributed by atoms with Crippen LogP contribution in [0, 0.1) is 0 Å². The number of unbranched alkanes of at least 4 members (excludes halogenated alkanes) is 6. The van der Waals surface area contributed by atoms with E-state index >= 15 is 0 Å². The van der Waals surface area contributed by atoms with Crippen LogP contribution < -0.4 is 10.6 Å². The van der Waals surface area contributed by atoms with E-state index in [9.17, 15) is 24.0 Å². The Hall–Kier alpha value is -3.23. The summed E-state index contributed by atoms with van der Waals surface area (Å²) in [7, 11) is 0. The van der Waals surface area contributed by atoms with Gasteiger partial charge in [0.05, 0.1) is 11.1 Å². The summed E-state index contributed by atoms with van der Waals surface area (Å²) in [5.41, 5.74) is 1.12. The summed E-state index contributed by atoms with van der Waals surface area (Å²) in [4.78, 5) is 60.9. The van der Waals surface area contributed by atoms with Crippen LogP contribution in [0.25, 0.3) is 0 Å². The molecule has 1 aromatic rings. The number of carboxylic acid groups (broad SMARTS) is 1. The molecule has 0 bridgehead atoms. The zero-order chi connectivity index (χ0) is 23.1. The fourth-order valence-corrected chi connectivity index (χ4v) is 4.17. The van der Waals surface area contributed by atoms with Gasteiger partial charge >= 0.3 is 5.97 Å². The number of imide groups is 2. The van der Waals surface area contributed by atoms with Crippen molar-refractivity contribution in [1.29, 1.82) is 0 Å². The van der Waals surface area contributed by atoms with E-state index in [1.807, 2.05) is 0 Å². The van der Waals surface area contributed by atoms with Crippen LogP contribution in [0.1, 0.15) is 84.9 Å². The van der Waals surface area contributed by atoms with Gasteiger partial charge in [0, 0.05) is 25.1 Å². The number of nitrogens with zero attached hydrogens (tertiary/aromatic N) is 1. The van der Waals surface area contributed by atoms with Gasteiger partial charge in [-0.2, -0.15) is 0 Å². The smallest absolute Gasteiger partial charge is 0.303 e. The van der Waals surface area contributed by atoms with Crippen LogP contribution in [-0.2, 0) is 14.4 Å². The summed E-state index contributed by atoms with van der Waals surface area (Å²) >= 11 is 0. The van der Waals surface area contributed by atoms with Gasteiger partial charge < -0.3 is 10.4 Å². The minimum atomic E-state index is -0.969. The lowest BCUT2D eigenvalue weighted by atomic mass is 10.0. The molecule has 3 rings (SSSR count). The van der Waals surface area contributed by atoms with E-state index in [0.717, 1.165) is 49.8 Å². The van der Waals surface area contributed by atoms with Crippen molar-refractivity contribution in [3.05, 3.63) is 29.3 Å². The van der Waals surface area contributed by atoms with Crippen molar-refractivity contribution in [3.63, 3.8) is 0 Å². The van der Waals surface area contributed by atoms with Crippen molar-refractivity contribution < 1.29 is 29.1 Å². The van der Waals surface area contributed by atoms with Crippen molar-refractivity contribution in [2.75, 3.05) is 11.9 Å². The first-order valence-corrected chi connectivity index (χ1v) is 11.2. The van der Waals surface area contributed by atoms with Crippen molar-refractivity contribution in [2.24, 2.45) is 0 Å². The third kappa shape index (κ3) is 5.52. The second-order valence-electron chi connectivity index (χ2n) is 8.22. The van der Waals surface area contributed by atoms with Crippen LogP contribution in [0.15, 0.2) is 18.2 Å². The van der Waals surface area contributed by atoms with E-state index in [2.05, 4.69) is 10.6 Å². The molecule has 3 N–H and O–H groups in total. The Bertz CT molecular complexity index is 913. The number of piperidine rings is 1. The molecule has 9 heteroatoms. The largest absolute Gasteiger partial charge is 0.481 e. The van der Waals surface area contributed by atoms with Gasteiger partial charge in [-0.15, -0.1) is 0 Å². The molecule has 32 heavy (non-hydrogen) atoms. The summed E-state index contributed by atoms with van der Waals surface area (Å²) in [5, 5.41) is 14.1. The molecule has 2 aliphatic heterocycles. The molecule has 0 spiro atoms. The number of rotatable bonds is 12. The molecule has 9 nitrogen and oxygen atoms in total. The van der Waals surface area contributed by atoms with Gasteiger partial charge in [-0.1, -0.05) is 38.2 Å². The number of hydrogen-bond donors (Lipinski definition) is 3. The highest BCUT2D eigenvalue weighted by molar-refractivity contribution is 6.25. The van der Waals surface area contributed by atoms with E-state index in [0.29, 0.717) is 12.2 Å². The first-order valence-electron chi connectivity index (χ1n) is 11.2. The van der Waals surface area contributed by atoms with Crippen LogP contribution in [0.2, 0.25) is 0 Å². The summed E-state index contributed by atoms with van der Waals surface area (Å²) < 4.78 is 0. The third-order valence-electron chi connectivity index (χ3n) is 5.85. The van der Waals surface area contributed by atoms with Crippen LogP contribution in [0.3, 0.4) is 0 Å². The van der Waals surface area contributed by atoms with Crippen LogP contribution in [-0.4, -0.2) is 52.2 Å². The number of carboxylic acids is 1. The average Bonchev–Trinajstić information content (AvgIpc) is 3.00. The number of carbonyl (C=O) groups excluding carboxylic acids is 4. The molecule has 1 atom stereocenters. The van der Waals surface area contributed by atoms with E-state index in [-0.39, 0.29) is 30.4 Å². The molecule has 2 aliphatic rings. The molecule has 0 aromatic heterocycles. The topological polar surface area (TPSA) is 133 Å². The quantitative estimate of drug-likeness (QED) is 0.334. The number of hydrogen-bond acceptors (Lipinski definition) is 6. The standard InChI is InChI=1S/C23H29N3O6/c27-18-13-12-17(21(30)25-18)26-22(31)15-9-8-10-16(20(15)23(26)32)24-14-7-5-3-1-2-4-6-11-19(28)29/h8-10,17,24H,1-7,11-14H2,(H,28,29)(H,25,27,30). The Balaban J connectivity index is 1.48. The molecular formula is C23H29N3O6. The number of benzene rings is 1. The number of nitrogens with one attached hydrogen (secondary N) is 2. The lowest BCUT2D eigenvalue weighted by molar-refractivity contribution is -0.138. The molecule has 172 valence electrons. The minimum Gasteiger partial charge on any atom is -0.481 e. The highest BCUT2D eigenvalue weighted by Crippen LogP contribution is 2.32. The lowest BCUT2D eigenvalue weighted by Gasteiger charge is -2.27. The van der Waals surface area contributed by atoms with Crippen LogP contribution in [0.5, 0.6) is 0 Å². The second-order valence-corrected chi connectivity index (χ2v) is 8.22. The molecule has 1 saturated heterocycles. The zero-order valence-electron chi connectivity index (χ0n) is 18.0. The van der Waals surface area contributed by atoms with Crippen LogP contribution >= 0.6 is 0 Å². The average molecular weight is 444 g/mol. The van der Waals surface area contributed by atoms with Crippen molar-refractivity contribution >= 4 is 35.3 Å². The second kappa shape index (κ2) is 10.9. The molecule has 0 aliphatic carbocycles. The molecule has 4 amide bonds. The first-order chi connectivity index (χ1) is 15.4. The van der Waals surface area contributed by atoms with Gasteiger partial charge in [-0.05, 0) is 31.4 Å². The lowest BCUT2D eigenvalue weighted by Crippen LogP contribution is -2.54. The SMILES string of the molecule is O=C(O)CCCCCCCCCNc1cccc2c1C(=O)N(C1CCC(=O)NC1=O)C2=O. The molecule has 1 unspecified atom stereocenters. The molecule has 1 aromatic carbocycles. The Morgan fingerprint density at radius 2 is 1.69 bits per heavy atom. The summed E-state index contributed by atoms with van der Waals surface area (Å²) in [6.45, 7) is 0.648.